The van der Waals surface area contributed by atoms with Crippen LogP contribution in [-0.4, -0.2) is 29.6 Å². The number of ether oxygens (including phenoxy) is 1. The van der Waals surface area contributed by atoms with Gasteiger partial charge in [-0.15, -0.1) is 11.8 Å². The molecule has 0 saturated carbocycles. The number of hydrogen-bond acceptors (Lipinski definition) is 5. The second kappa shape index (κ2) is 8.13. The smallest absolute Gasteiger partial charge is 0.276 e. The summed E-state index contributed by atoms with van der Waals surface area (Å²) in [5.41, 5.74) is 6.57. The van der Waals surface area contributed by atoms with Crippen molar-refractivity contribution in [3.05, 3.63) is 53.6 Å². The molecule has 140 valence electrons. The molecular formula is C19H19N3O4S. The summed E-state index contributed by atoms with van der Waals surface area (Å²) >= 11 is 1.43. The maximum Gasteiger partial charge on any atom is 0.276 e. The number of thioether (sulfide) groups is 1. The van der Waals surface area contributed by atoms with E-state index in [1.165, 1.54) is 11.8 Å². The van der Waals surface area contributed by atoms with Crippen LogP contribution < -0.4 is 20.9 Å². The monoisotopic (exact) mass is 385 g/mol. The summed E-state index contributed by atoms with van der Waals surface area (Å²) in [7, 11) is 0. The number of aryl methyl sites for hydroxylation is 1. The number of carbonyl (C=O) groups excluding carboxylic acids is 3. The van der Waals surface area contributed by atoms with E-state index in [-0.39, 0.29) is 17.8 Å². The van der Waals surface area contributed by atoms with Crippen LogP contribution in [0.4, 0.5) is 5.69 Å². The van der Waals surface area contributed by atoms with Crippen LogP contribution >= 0.6 is 11.8 Å². The average molecular weight is 385 g/mol. The topological polar surface area (TPSA) is 96.5 Å². The second-order valence-corrected chi connectivity index (χ2v) is 7.45. The summed E-state index contributed by atoms with van der Waals surface area (Å²) < 4.78 is 5.37. The molecule has 0 unspecified atom stereocenters. The first-order valence-corrected chi connectivity index (χ1v) is 9.20. The van der Waals surface area contributed by atoms with E-state index in [2.05, 4.69) is 16.2 Å². The Morgan fingerprint density at radius 2 is 2.00 bits per heavy atom. The number of benzene rings is 2. The summed E-state index contributed by atoms with van der Waals surface area (Å²) in [6.45, 7) is 3.52. The van der Waals surface area contributed by atoms with E-state index in [0.717, 1.165) is 10.5 Å². The summed E-state index contributed by atoms with van der Waals surface area (Å²) in [5, 5.41) is 2.59. The summed E-state index contributed by atoms with van der Waals surface area (Å²) in [4.78, 5) is 36.7. The minimum absolute atomic E-state index is 0.105. The largest absolute Gasteiger partial charge is 0.484 e. The lowest BCUT2D eigenvalue weighted by Gasteiger charge is -2.21. The fraction of sp³-hybridized carbons (Fsp3) is 0.211. The van der Waals surface area contributed by atoms with Crippen molar-refractivity contribution in [1.82, 2.24) is 10.9 Å². The molecule has 0 fully saturated rings. The summed E-state index contributed by atoms with van der Waals surface area (Å²) in [6, 6.07) is 12.3. The Morgan fingerprint density at radius 3 is 2.78 bits per heavy atom. The van der Waals surface area contributed by atoms with Crippen LogP contribution in [0.2, 0.25) is 0 Å². The summed E-state index contributed by atoms with van der Waals surface area (Å²) in [5.74, 6) is -0.500. The number of rotatable bonds is 4. The Labute approximate surface area is 160 Å². The van der Waals surface area contributed by atoms with Gasteiger partial charge < -0.3 is 10.1 Å². The average Bonchev–Trinajstić information content (AvgIpc) is 2.65. The molecule has 1 aliphatic heterocycles. The van der Waals surface area contributed by atoms with Crippen molar-refractivity contribution >= 4 is 35.2 Å². The molecule has 3 rings (SSSR count). The number of fused-ring (bicyclic) bond motifs is 1. The van der Waals surface area contributed by atoms with Crippen molar-refractivity contribution in [2.45, 2.75) is 24.0 Å². The molecule has 27 heavy (non-hydrogen) atoms. The first-order valence-electron chi connectivity index (χ1n) is 8.32. The SMILES string of the molecule is Cc1cccc(OCC(=O)NNC(=O)c2ccc3c(c2)NC(=O)[C@@H](C)S3)c1. The minimum Gasteiger partial charge on any atom is -0.484 e. The molecule has 0 saturated heterocycles. The molecule has 1 atom stereocenters. The predicted octanol–water partition coefficient (Wildman–Crippen LogP) is 2.27. The highest BCUT2D eigenvalue weighted by Gasteiger charge is 2.23. The van der Waals surface area contributed by atoms with Gasteiger partial charge in [-0.05, 0) is 49.7 Å². The first-order chi connectivity index (χ1) is 12.9. The van der Waals surface area contributed by atoms with E-state index in [1.807, 2.05) is 32.0 Å². The number of nitrogens with one attached hydrogen (secondary N) is 3. The van der Waals surface area contributed by atoms with Crippen LogP contribution in [0.3, 0.4) is 0 Å². The van der Waals surface area contributed by atoms with Crippen molar-refractivity contribution in [3.63, 3.8) is 0 Å². The Balaban J connectivity index is 1.52. The van der Waals surface area contributed by atoms with Crippen LogP contribution in [-0.2, 0) is 9.59 Å². The van der Waals surface area contributed by atoms with E-state index in [9.17, 15) is 14.4 Å². The Bertz CT molecular complexity index is 900. The van der Waals surface area contributed by atoms with Crippen molar-refractivity contribution in [2.24, 2.45) is 0 Å². The van der Waals surface area contributed by atoms with E-state index < -0.39 is 11.8 Å². The number of hydrazine groups is 1. The van der Waals surface area contributed by atoms with Gasteiger partial charge in [-0.1, -0.05) is 12.1 Å². The van der Waals surface area contributed by atoms with Gasteiger partial charge >= 0.3 is 0 Å². The van der Waals surface area contributed by atoms with Crippen LogP contribution in [0.15, 0.2) is 47.4 Å². The maximum absolute atomic E-state index is 12.2. The first kappa shape index (κ1) is 18.8. The normalized spacial score (nSPS) is 15.3. The molecule has 1 aliphatic rings. The zero-order valence-electron chi connectivity index (χ0n) is 14.9. The Kier molecular flexibility index (Phi) is 5.66. The number of amides is 3. The van der Waals surface area contributed by atoms with Gasteiger partial charge in [-0.3, -0.25) is 25.2 Å². The molecule has 3 amide bonds. The predicted molar refractivity (Wildman–Crippen MR) is 103 cm³/mol. The third-order valence-electron chi connectivity index (χ3n) is 3.85. The van der Waals surface area contributed by atoms with Gasteiger partial charge in [0.2, 0.25) is 5.91 Å². The van der Waals surface area contributed by atoms with Gasteiger partial charge in [-0.25, -0.2) is 0 Å². The van der Waals surface area contributed by atoms with E-state index >= 15 is 0 Å². The molecule has 0 radical (unpaired) electrons. The van der Waals surface area contributed by atoms with E-state index in [0.29, 0.717) is 17.0 Å². The van der Waals surface area contributed by atoms with Gasteiger partial charge in [0.1, 0.15) is 5.75 Å². The highest BCUT2D eigenvalue weighted by atomic mass is 32.2. The van der Waals surface area contributed by atoms with Gasteiger partial charge in [0.05, 0.1) is 10.9 Å². The van der Waals surface area contributed by atoms with Crippen molar-refractivity contribution in [1.29, 1.82) is 0 Å². The number of hydrogen-bond donors (Lipinski definition) is 3. The van der Waals surface area contributed by atoms with Gasteiger partial charge in [-0.2, -0.15) is 0 Å². The molecule has 0 aliphatic carbocycles. The van der Waals surface area contributed by atoms with Crippen LogP contribution in [0, 0.1) is 6.92 Å². The minimum atomic E-state index is -0.487. The van der Waals surface area contributed by atoms with Crippen molar-refractivity contribution < 1.29 is 19.1 Å². The third-order valence-corrected chi connectivity index (χ3v) is 5.03. The lowest BCUT2D eigenvalue weighted by molar-refractivity contribution is -0.123. The van der Waals surface area contributed by atoms with Crippen molar-refractivity contribution in [2.75, 3.05) is 11.9 Å². The zero-order chi connectivity index (χ0) is 19.4. The molecule has 7 nitrogen and oxygen atoms in total. The number of anilines is 1. The van der Waals surface area contributed by atoms with Crippen LogP contribution in [0.5, 0.6) is 5.75 Å². The summed E-state index contributed by atoms with van der Waals surface area (Å²) in [6.07, 6.45) is 0. The van der Waals surface area contributed by atoms with Crippen LogP contribution in [0.1, 0.15) is 22.8 Å². The molecule has 1 heterocycles. The highest BCUT2D eigenvalue weighted by molar-refractivity contribution is 8.00. The molecule has 8 heteroatoms. The molecule has 0 aromatic heterocycles. The molecule has 3 N–H and O–H groups in total. The van der Waals surface area contributed by atoms with Crippen LogP contribution in [0.25, 0.3) is 0 Å². The highest BCUT2D eigenvalue weighted by Crippen LogP contribution is 2.35. The lowest BCUT2D eigenvalue weighted by Crippen LogP contribution is -2.43. The zero-order valence-corrected chi connectivity index (χ0v) is 15.7. The molecule has 0 spiro atoms. The van der Waals surface area contributed by atoms with Gasteiger partial charge in [0.15, 0.2) is 6.61 Å². The lowest BCUT2D eigenvalue weighted by atomic mass is 10.2. The molecule has 2 aromatic rings. The Morgan fingerprint density at radius 1 is 1.19 bits per heavy atom. The molecule has 0 bridgehead atoms. The Hall–Kier alpha value is -3.00. The van der Waals surface area contributed by atoms with Gasteiger partial charge in [0.25, 0.3) is 11.8 Å². The number of carbonyl (C=O) groups is 3. The fourth-order valence-corrected chi connectivity index (χ4v) is 3.37. The van der Waals surface area contributed by atoms with E-state index in [1.54, 1.807) is 24.3 Å². The fourth-order valence-electron chi connectivity index (χ4n) is 2.44. The third kappa shape index (κ3) is 4.79. The second-order valence-electron chi connectivity index (χ2n) is 6.07. The van der Waals surface area contributed by atoms with Gasteiger partial charge in [0, 0.05) is 10.5 Å². The quantitative estimate of drug-likeness (QED) is 0.702. The molecule has 2 aromatic carbocycles. The molecular weight excluding hydrogens is 366 g/mol. The standard InChI is InChI=1S/C19H19N3O4S/c1-11-4-3-5-14(8-11)26-10-17(23)21-22-19(25)13-6-7-16-15(9-13)20-18(24)12(2)27-16/h3-9,12H,10H2,1-2H3,(H,20,24)(H,21,23)(H,22,25)/t12-/m1/s1. The maximum atomic E-state index is 12.2. The van der Waals surface area contributed by atoms with E-state index in [4.69, 9.17) is 4.74 Å². The van der Waals surface area contributed by atoms with Crippen molar-refractivity contribution in [3.8, 4) is 5.75 Å².